The number of fused-ring (bicyclic) bond motifs is 1. The summed E-state index contributed by atoms with van der Waals surface area (Å²) >= 11 is 0. The molecule has 0 nitrogen and oxygen atoms in total. The van der Waals surface area contributed by atoms with Gasteiger partial charge in [0.15, 0.2) is 0 Å². The summed E-state index contributed by atoms with van der Waals surface area (Å²) in [7, 11) is 0. The van der Waals surface area contributed by atoms with Crippen molar-refractivity contribution in [2.75, 3.05) is 0 Å². The van der Waals surface area contributed by atoms with Gasteiger partial charge < -0.3 is 0 Å². The maximum absolute atomic E-state index is 14.8. The lowest BCUT2D eigenvalue weighted by molar-refractivity contribution is 0.355. The molecule has 14 aromatic carbocycles. The standard InChI is InChI=1S/C54H25F/c55-28-8-6-20(7-9-28)31-17-29(19-4-2-1-3-5-19)52-30-16-26-14-23-12-24-11-21-10-22-13-25-15-27-18-54(31,52)53-38(27)43-37(25)42-33(22)32(21)40-36(24)41-34(23)35(26)44-39(30)51(53)50-48(43)46(42)45(40)47(41)49(44)50/h1-9,11-13,15-16,29,31,52H,10,14,17-18H2. The average molecular weight is 693 g/mol. The first-order valence-corrected chi connectivity index (χ1v) is 20.5. The highest BCUT2D eigenvalue weighted by Gasteiger charge is 2.63. The molecule has 248 valence electrons. The van der Waals surface area contributed by atoms with Crippen LogP contribution in [0.3, 0.4) is 0 Å². The van der Waals surface area contributed by atoms with Crippen LogP contribution in [0.2, 0.25) is 0 Å². The lowest BCUT2D eigenvalue weighted by Gasteiger charge is -2.43. The van der Waals surface area contributed by atoms with E-state index in [1.807, 2.05) is 0 Å². The minimum atomic E-state index is -0.141. The molecule has 4 atom stereocenters. The molecule has 14 aromatic rings. The molecular weight excluding hydrogens is 668 g/mol. The lowest BCUT2D eigenvalue weighted by atomic mass is 9.58. The summed E-state index contributed by atoms with van der Waals surface area (Å²) in [5.41, 5.74) is 13.7. The Balaban J connectivity index is 1.18. The third-order valence-electron chi connectivity index (χ3n) is 17.5. The Labute approximate surface area is 311 Å². The molecule has 0 amide bonds. The molecule has 0 N–H and O–H groups in total. The van der Waals surface area contributed by atoms with Crippen molar-refractivity contribution in [3.8, 4) is 0 Å². The molecule has 5 aliphatic rings. The van der Waals surface area contributed by atoms with Crippen LogP contribution in [0.5, 0.6) is 0 Å². The quantitative estimate of drug-likeness (QED) is 0.158. The topological polar surface area (TPSA) is 0 Å². The molecule has 4 unspecified atom stereocenters. The highest BCUT2D eigenvalue weighted by molar-refractivity contribution is 6.65. The minimum Gasteiger partial charge on any atom is -0.207 e. The largest absolute Gasteiger partial charge is 0.207 e. The Kier molecular flexibility index (Phi) is 3.19. The molecule has 55 heavy (non-hydrogen) atoms. The van der Waals surface area contributed by atoms with Gasteiger partial charge in [-0.1, -0.05) is 72.8 Å². The van der Waals surface area contributed by atoms with Crippen molar-refractivity contribution < 1.29 is 4.39 Å². The van der Waals surface area contributed by atoms with Gasteiger partial charge in [0.1, 0.15) is 5.82 Å². The second kappa shape index (κ2) is 6.99. The zero-order valence-electron chi connectivity index (χ0n) is 29.5. The van der Waals surface area contributed by atoms with Gasteiger partial charge in [-0.2, -0.15) is 0 Å². The molecule has 1 spiro atoms. The van der Waals surface area contributed by atoms with Crippen molar-refractivity contribution in [2.45, 2.75) is 48.9 Å². The van der Waals surface area contributed by atoms with Crippen LogP contribution in [0.15, 0.2) is 84.9 Å². The van der Waals surface area contributed by atoms with E-state index in [1.165, 1.54) is 21.9 Å². The molecule has 1 heteroatoms. The highest BCUT2D eigenvalue weighted by Crippen LogP contribution is 2.76. The molecule has 0 aromatic heterocycles. The predicted molar refractivity (Wildman–Crippen MR) is 225 cm³/mol. The van der Waals surface area contributed by atoms with Crippen LogP contribution >= 0.6 is 0 Å². The predicted octanol–water partition coefficient (Wildman–Crippen LogP) is 13.7. The summed E-state index contributed by atoms with van der Waals surface area (Å²) in [6, 6.07) is 32.5. The molecular formula is C54H25F. The molecule has 1 fully saturated rings. The highest BCUT2D eigenvalue weighted by atomic mass is 19.1. The smallest absolute Gasteiger partial charge is 0.123 e. The Morgan fingerprint density at radius 2 is 0.945 bits per heavy atom. The molecule has 0 aliphatic heterocycles. The molecule has 5 aliphatic carbocycles. The van der Waals surface area contributed by atoms with Gasteiger partial charge in [0.05, 0.1) is 0 Å². The van der Waals surface area contributed by atoms with Gasteiger partial charge in [-0.25, -0.2) is 4.39 Å². The fraction of sp³-hybridized carbons (Fsp3) is 0.148. The van der Waals surface area contributed by atoms with E-state index in [1.54, 1.807) is 159 Å². The Bertz CT molecular complexity index is 4170. The van der Waals surface area contributed by atoms with Gasteiger partial charge >= 0.3 is 0 Å². The second-order valence-corrected chi connectivity index (χ2v) is 19.0. The van der Waals surface area contributed by atoms with E-state index in [0.29, 0.717) is 11.8 Å². The maximum atomic E-state index is 14.8. The van der Waals surface area contributed by atoms with Crippen LogP contribution in [0, 0.1) is 5.82 Å². The van der Waals surface area contributed by atoms with Crippen LogP contribution in [-0.2, 0) is 24.7 Å². The van der Waals surface area contributed by atoms with Gasteiger partial charge in [-0.15, -0.1) is 0 Å². The summed E-state index contributed by atoms with van der Waals surface area (Å²) in [6.07, 6.45) is 4.18. The molecule has 19 rings (SSSR count). The molecule has 0 bridgehead atoms. The van der Waals surface area contributed by atoms with Crippen molar-refractivity contribution in [3.05, 3.63) is 141 Å². The van der Waals surface area contributed by atoms with Crippen LogP contribution in [0.4, 0.5) is 4.39 Å². The SMILES string of the molecule is Fc1ccc(C2CC(c3ccccc3)C3c4cc5c6c7c(cc8cc9c%10c%11c(cc%12cc%13c%14c(c%15c4c6c4c%15c6c%14c%12c%11c6c6c%10c8c7c46)C23C%13)C9)C5)cc1. The van der Waals surface area contributed by atoms with E-state index >= 15 is 0 Å². The summed E-state index contributed by atoms with van der Waals surface area (Å²) in [4.78, 5) is 0. The van der Waals surface area contributed by atoms with Gasteiger partial charge in [-0.3, -0.25) is 0 Å². The average Bonchev–Trinajstić information content (AvgIpc) is 4.05. The second-order valence-electron chi connectivity index (χ2n) is 19.0. The number of rotatable bonds is 2. The van der Waals surface area contributed by atoms with Gasteiger partial charge in [0, 0.05) is 11.3 Å². The summed E-state index contributed by atoms with van der Waals surface area (Å²) < 4.78 is 14.8. The van der Waals surface area contributed by atoms with Gasteiger partial charge in [0.2, 0.25) is 0 Å². The fourth-order valence-electron chi connectivity index (χ4n) is 16.5. The summed E-state index contributed by atoms with van der Waals surface area (Å²) in [5, 5.41) is 34.6. The van der Waals surface area contributed by atoms with Crippen molar-refractivity contribution in [1.29, 1.82) is 0 Å². The Morgan fingerprint density at radius 1 is 0.436 bits per heavy atom. The lowest BCUT2D eigenvalue weighted by Crippen LogP contribution is -2.37. The van der Waals surface area contributed by atoms with Crippen LogP contribution in [0.25, 0.3) is 118 Å². The zero-order chi connectivity index (χ0) is 34.4. The van der Waals surface area contributed by atoms with E-state index in [9.17, 15) is 4.39 Å². The monoisotopic (exact) mass is 692 g/mol. The fourth-order valence-corrected chi connectivity index (χ4v) is 16.5. The van der Waals surface area contributed by atoms with E-state index in [0.717, 1.165) is 25.7 Å². The van der Waals surface area contributed by atoms with Crippen LogP contribution < -0.4 is 0 Å². The number of hydrogen-bond donors (Lipinski definition) is 0. The summed E-state index contributed by atoms with van der Waals surface area (Å²) in [5.74, 6) is 0.825. The molecule has 0 saturated heterocycles. The first-order valence-electron chi connectivity index (χ1n) is 20.5. The molecule has 0 radical (unpaired) electrons. The Hall–Kier alpha value is -6.05. The van der Waals surface area contributed by atoms with Crippen molar-refractivity contribution in [3.63, 3.8) is 0 Å². The van der Waals surface area contributed by atoms with E-state index in [2.05, 4.69) is 72.8 Å². The van der Waals surface area contributed by atoms with E-state index in [4.69, 9.17) is 0 Å². The van der Waals surface area contributed by atoms with Crippen LogP contribution in [0.1, 0.15) is 74.2 Å². The number of hydrogen-bond acceptors (Lipinski definition) is 0. The van der Waals surface area contributed by atoms with Gasteiger partial charge in [0.25, 0.3) is 0 Å². The van der Waals surface area contributed by atoms with E-state index < -0.39 is 0 Å². The Morgan fingerprint density at radius 3 is 1.56 bits per heavy atom. The number of halogens is 1. The normalized spacial score (nSPS) is 23.7. The number of benzene rings is 11. The first-order chi connectivity index (χ1) is 27.2. The van der Waals surface area contributed by atoms with Gasteiger partial charge in [-0.05, 0) is 218 Å². The van der Waals surface area contributed by atoms with Crippen molar-refractivity contribution in [2.24, 2.45) is 0 Å². The van der Waals surface area contributed by atoms with E-state index in [-0.39, 0.29) is 17.2 Å². The minimum absolute atomic E-state index is 0.123. The van der Waals surface area contributed by atoms with Crippen LogP contribution in [-0.4, -0.2) is 0 Å². The summed E-state index contributed by atoms with van der Waals surface area (Å²) in [6.45, 7) is 0. The zero-order valence-corrected chi connectivity index (χ0v) is 29.5. The third-order valence-corrected chi connectivity index (χ3v) is 17.5. The molecule has 0 heterocycles. The van der Waals surface area contributed by atoms with Crippen molar-refractivity contribution in [1.82, 2.24) is 0 Å². The maximum Gasteiger partial charge on any atom is 0.123 e. The third kappa shape index (κ3) is 2.04. The van der Waals surface area contributed by atoms with Crippen molar-refractivity contribution >= 4 is 118 Å². The first kappa shape index (κ1) is 25.1. The molecule has 1 saturated carbocycles.